The molecule has 0 aliphatic carbocycles. The van der Waals surface area contributed by atoms with Crippen molar-refractivity contribution in [1.29, 1.82) is 0 Å². The van der Waals surface area contributed by atoms with Crippen molar-refractivity contribution in [3.8, 4) is 0 Å². The van der Waals surface area contributed by atoms with E-state index in [1.165, 1.54) is 0 Å². The number of carbonyl (C=O) groups is 1. The van der Waals surface area contributed by atoms with Gasteiger partial charge < -0.3 is 4.90 Å². The van der Waals surface area contributed by atoms with Gasteiger partial charge in [-0.3, -0.25) is 4.79 Å². The summed E-state index contributed by atoms with van der Waals surface area (Å²) in [4.78, 5) is 11.8. The molecule has 1 saturated heterocycles. The summed E-state index contributed by atoms with van der Waals surface area (Å²) in [5.41, 5.74) is 2.27. The first-order chi connectivity index (χ1) is 4.84. The van der Waals surface area contributed by atoms with Gasteiger partial charge in [-0.25, -0.2) is 5.43 Å². The van der Waals surface area contributed by atoms with Crippen molar-refractivity contribution in [2.45, 2.75) is 0 Å². The summed E-state index contributed by atoms with van der Waals surface area (Å²) in [6, 6.07) is 0. The number of hydrazone groups is 1. The third kappa shape index (κ3) is 1.63. The van der Waals surface area contributed by atoms with Crippen LogP contribution in [0.2, 0.25) is 0 Å². The third-order valence-corrected chi connectivity index (χ3v) is 2.25. The molecule has 0 unspecified atom stereocenters. The summed E-state index contributed by atoms with van der Waals surface area (Å²) >= 11 is 1.64. The number of amides is 1. The zero-order chi connectivity index (χ0) is 7.40. The third-order valence-electron chi connectivity index (χ3n) is 1.20. The molecular weight excluding hydrogens is 150 g/mol. The summed E-state index contributed by atoms with van der Waals surface area (Å²) in [5, 5.41) is 4.69. The maximum Gasteiger partial charge on any atom is 0.227 e. The van der Waals surface area contributed by atoms with Crippen molar-refractivity contribution in [3.05, 3.63) is 0 Å². The van der Waals surface area contributed by atoms with E-state index in [2.05, 4.69) is 10.5 Å². The van der Waals surface area contributed by atoms with Gasteiger partial charge in [0, 0.05) is 19.3 Å². The van der Waals surface area contributed by atoms with Gasteiger partial charge in [0.1, 0.15) is 0 Å². The smallest absolute Gasteiger partial charge is 0.227 e. The van der Waals surface area contributed by atoms with Crippen molar-refractivity contribution in [3.63, 3.8) is 0 Å². The van der Waals surface area contributed by atoms with Crippen LogP contribution >= 0.6 is 11.8 Å². The predicted octanol–water partition coefficient (Wildman–Crippen LogP) is -0.318. The molecule has 1 aliphatic heterocycles. The normalized spacial score (nSPS) is 21.7. The number of nitrogens with one attached hydrogen (secondary N) is 1. The molecule has 0 bridgehead atoms. The number of rotatable bonds is 2. The van der Waals surface area contributed by atoms with E-state index < -0.39 is 0 Å². The highest BCUT2D eigenvalue weighted by molar-refractivity contribution is 8.14. The second-order valence-corrected chi connectivity index (χ2v) is 2.97. The van der Waals surface area contributed by atoms with Crippen molar-refractivity contribution in [2.24, 2.45) is 5.10 Å². The SMILES string of the molecule is CN1CCS/C1=N/NC=O. The van der Waals surface area contributed by atoms with Crippen LogP contribution in [-0.4, -0.2) is 35.8 Å². The average molecular weight is 159 g/mol. The van der Waals surface area contributed by atoms with E-state index in [9.17, 15) is 4.79 Å². The molecule has 1 rings (SSSR count). The highest BCUT2D eigenvalue weighted by atomic mass is 32.2. The lowest BCUT2D eigenvalue weighted by atomic mass is 10.7. The maximum atomic E-state index is 9.82. The van der Waals surface area contributed by atoms with E-state index in [1.54, 1.807) is 11.8 Å². The summed E-state index contributed by atoms with van der Waals surface area (Å²) in [6.45, 7) is 1.00. The molecule has 0 aromatic heterocycles. The molecular formula is C5H9N3OS. The maximum absolute atomic E-state index is 9.82. The molecule has 0 radical (unpaired) electrons. The Labute approximate surface area is 63.7 Å². The minimum absolute atomic E-state index is 0.569. The first-order valence-electron chi connectivity index (χ1n) is 2.95. The zero-order valence-electron chi connectivity index (χ0n) is 5.70. The second-order valence-electron chi connectivity index (χ2n) is 1.91. The molecule has 1 fully saturated rings. The number of hydrogen-bond acceptors (Lipinski definition) is 3. The molecule has 1 N–H and O–H groups in total. The fourth-order valence-electron chi connectivity index (χ4n) is 0.679. The first kappa shape index (κ1) is 7.40. The molecule has 0 aromatic rings. The van der Waals surface area contributed by atoms with Crippen LogP contribution in [0, 0.1) is 0 Å². The first-order valence-corrected chi connectivity index (χ1v) is 3.94. The van der Waals surface area contributed by atoms with Gasteiger partial charge in [0.05, 0.1) is 0 Å². The Morgan fingerprint density at radius 2 is 2.70 bits per heavy atom. The number of thioether (sulfide) groups is 1. The van der Waals surface area contributed by atoms with E-state index in [0.29, 0.717) is 6.41 Å². The molecule has 1 heterocycles. The van der Waals surface area contributed by atoms with Crippen LogP contribution in [0.1, 0.15) is 0 Å². The number of carbonyl (C=O) groups excluding carboxylic acids is 1. The lowest BCUT2D eigenvalue weighted by Gasteiger charge is -2.07. The standard InChI is InChI=1S/C5H9N3OS/c1-8-2-3-10-5(8)7-6-4-9/h4H,2-3H2,1H3,(H,6,9)/b7-5+. The fraction of sp³-hybridized carbons (Fsp3) is 0.600. The summed E-state index contributed by atoms with van der Waals surface area (Å²) in [7, 11) is 1.95. The van der Waals surface area contributed by atoms with Crippen LogP contribution < -0.4 is 5.43 Å². The van der Waals surface area contributed by atoms with Crippen molar-refractivity contribution in [1.82, 2.24) is 10.3 Å². The van der Waals surface area contributed by atoms with Crippen molar-refractivity contribution < 1.29 is 4.79 Å². The van der Waals surface area contributed by atoms with Crippen molar-refractivity contribution >= 4 is 23.3 Å². The lowest BCUT2D eigenvalue weighted by molar-refractivity contribution is -0.109. The second kappa shape index (κ2) is 3.46. The Morgan fingerprint density at radius 3 is 3.20 bits per heavy atom. The molecule has 56 valence electrons. The highest BCUT2D eigenvalue weighted by Gasteiger charge is 2.14. The minimum atomic E-state index is 0.569. The van der Waals surface area contributed by atoms with Gasteiger partial charge >= 0.3 is 0 Å². The van der Waals surface area contributed by atoms with Gasteiger partial charge in [0.25, 0.3) is 0 Å². The lowest BCUT2D eigenvalue weighted by Crippen LogP contribution is -2.20. The van der Waals surface area contributed by atoms with E-state index in [4.69, 9.17) is 0 Å². The van der Waals surface area contributed by atoms with Crippen LogP contribution in [-0.2, 0) is 4.79 Å². The minimum Gasteiger partial charge on any atom is -0.352 e. The Morgan fingerprint density at radius 1 is 1.90 bits per heavy atom. The Bertz CT molecular complexity index is 159. The van der Waals surface area contributed by atoms with Gasteiger partial charge in [0.2, 0.25) is 6.41 Å². The molecule has 5 heteroatoms. The topological polar surface area (TPSA) is 44.7 Å². The van der Waals surface area contributed by atoms with Gasteiger partial charge in [-0.1, -0.05) is 11.8 Å². The molecule has 10 heavy (non-hydrogen) atoms. The number of nitrogens with zero attached hydrogens (tertiary/aromatic N) is 2. The quantitative estimate of drug-likeness (QED) is 0.444. The van der Waals surface area contributed by atoms with Crippen LogP contribution in [0.4, 0.5) is 0 Å². The molecule has 1 aliphatic rings. The van der Waals surface area contributed by atoms with Crippen LogP contribution in [0.25, 0.3) is 0 Å². The van der Waals surface area contributed by atoms with Crippen LogP contribution in [0.15, 0.2) is 5.10 Å². The highest BCUT2D eigenvalue weighted by Crippen LogP contribution is 2.14. The van der Waals surface area contributed by atoms with Crippen molar-refractivity contribution in [2.75, 3.05) is 19.3 Å². The number of amidine groups is 1. The van der Waals surface area contributed by atoms with Crippen LogP contribution in [0.3, 0.4) is 0 Å². The largest absolute Gasteiger partial charge is 0.352 e. The molecule has 4 nitrogen and oxygen atoms in total. The van der Waals surface area contributed by atoms with Gasteiger partial charge in [-0.05, 0) is 0 Å². The average Bonchev–Trinajstić information content (AvgIpc) is 2.31. The van der Waals surface area contributed by atoms with E-state index in [0.717, 1.165) is 17.5 Å². The molecule has 1 amide bonds. The van der Waals surface area contributed by atoms with E-state index in [-0.39, 0.29) is 0 Å². The van der Waals surface area contributed by atoms with Gasteiger partial charge in [-0.15, -0.1) is 5.10 Å². The Balaban J connectivity index is 2.45. The zero-order valence-corrected chi connectivity index (χ0v) is 6.52. The van der Waals surface area contributed by atoms with E-state index in [1.807, 2.05) is 11.9 Å². The molecule has 0 saturated carbocycles. The summed E-state index contributed by atoms with van der Waals surface area (Å²) < 4.78 is 0. The molecule has 0 aromatic carbocycles. The fourth-order valence-corrected chi connectivity index (χ4v) is 1.66. The predicted molar refractivity (Wildman–Crippen MR) is 41.7 cm³/mol. The molecule has 0 spiro atoms. The molecule has 0 atom stereocenters. The van der Waals surface area contributed by atoms with E-state index >= 15 is 0 Å². The monoisotopic (exact) mass is 159 g/mol. The van der Waals surface area contributed by atoms with Gasteiger partial charge in [0.15, 0.2) is 5.17 Å². The van der Waals surface area contributed by atoms with Crippen LogP contribution in [0.5, 0.6) is 0 Å². The van der Waals surface area contributed by atoms with Gasteiger partial charge in [-0.2, -0.15) is 0 Å². The summed E-state index contributed by atoms with van der Waals surface area (Å²) in [6.07, 6.45) is 0.569. The summed E-state index contributed by atoms with van der Waals surface area (Å²) in [5.74, 6) is 1.05. The number of hydrogen-bond donors (Lipinski definition) is 1. The Hall–Kier alpha value is -0.710. The Kier molecular flexibility index (Phi) is 2.56.